The molecule has 1 aromatic carbocycles. The monoisotopic (exact) mass is 329 g/mol. The molecule has 1 atom stereocenters. The molecule has 0 aliphatic rings. The lowest BCUT2D eigenvalue weighted by Gasteiger charge is -2.15. The van der Waals surface area contributed by atoms with Crippen LogP contribution in [-0.4, -0.2) is 32.3 Å². The van der Waals surface area contributed by atoms with Gasteiger partial charge in [0.1, 0.15) is 6.61 Å². The Morgan fingerprint density at radius 2 is 2.16 bits per heavy atom. The highest BCUT2D eigenvalue weighted by Crippen LogP contribution is 2.22. The average molecular weight is 330 g/mol. The molecule has 1 N–H and O–H groups in total. The van der Waals surface area contributed by atoms with Crippen LogP contribution in [0.1, 0.15) is 25.5 Å². The molecule has 0 saturated heterocycles. The maximum absolute atomic E-state index is 11.0. The standard InChI is InChI=1S/C14H20BrNO3/c1-3-19-14(17)10-18-9-8-16-11(2)12-6-4-5-7-13(12)15/h4-7,11,16H,3,8-10H2,1-2H3/t11-/m0/s1. The van der Waals surface area contributed by atoms with Gasteiger partial charge in [0.05, 0.1) is 13.2 Å². The van der Waals surface area contributed by atoms with Crippen molar-refractivity contribution in [2.45, 2.75) is 19.9 Å². The molecule has 0 aromatic heterocycles. The van der Waals surface area contributed by atoms with E-state index in [-0.39, 0.29) is 18.6 Å². The Morgan fingerprint density at radius 3 is 2.84 bits per heavy atom. The number of carbonyl (C=O) groups is 1. The van der Waals surface area contributed by atoms with Crippen LogP contribution in [0.5, 0.6) is 0 Å². The van der Waals surface area contributed by atoms with Crippen molar-refractivity contribution in [1.29, 1.82) is 0 Å². The number of halogens is 1. The molecule has 0 unspecified atom stereocenters. The van der Waals surface area contributed by atoms with Crippen molar-refractivity contribution in [3.63, 3.8) is 0 Å². The van der Waals surface area contributed by atoms with E-state index in [0.29, 0.717) is 19.8 Å². The Morgan fingerprint density at radius 1 is 1.42 bits per heavy atom. The number of ether oxygens (including phenoxy) is 2. The third-order valence-electron chi connectivity index (χ3n) is 2.59. The van der Waals surface area contributed by atoms with Crippen molar-refractivity contribution in [3.8, 4) is 0 Å². The minimum Gasteiger partial charge on any atom is -0.464 e. The first-order valence-corrected chi connectivity index (χ1v) is 7.15. The first kappa shape index (κ1) is 16.1. The van der Waals surface area contributed by atoms with Gasteiger partial charge in [0.15, 0.2) is 0 Å². The molecule has 0 bridgehead atoms. The summed E-state index contributed by atoms with van der Waals surface area (Å²) in [6, 6.07) is 8.31. The van der Waals surface area contributed by atoms with Gasteiger partial charge < -0.3 is 14.8 Å². The van der Waals surface area contributed by atoms with Crippen LogP contribution in [0, 0.1) is 0 Å². The Balaban J connectivity index is 2.19. The van der Waals surface area contributed by atoms with Gasteiger partial charge in [-0.15, -0.1) is 0 Å². The minimum atomic E-state index is -0.318. The van der Waals surface area contributed by atoms with E-state index in [4.69, 9.17) is 9.47 Å². The molecule has 0 spiro atoms. The number of nitrogens with one attached hydrogen (secondary N) is 1. The number of esters is 1. The molecule has 0 saturated carbocycles. The van der Waals surface area contributed by atoms with Crippen LogP contribution in [0.25, 0.3) is 0 Å². The average Bonchev–Trinajstić information content (AvgIpc) is 2.39. The number of rotatable bonds is 8. The predicted molar refractivity (Wildman–Crippen MR) is 78.0 cm³/mol. The molecular formula is C14H20BrNO3. The fourth-order valence-corrected chi connectivity index (χ4v) is 2.27. The maximum atomic E-state index is 11.0. The SMILES string of the molecule is CCOC(=O)COCCN[C@@H](C)c1ccccc1Br. The van der Waals surface area contributed by atoms with Gasteiger partial charge in [0.2, 0.25) is 0 Å². The van der Waals surface area contributed by atoms with Crippen molar-refractivity contribution in [1.82, 2.24) is 5.32 Å². The highest BCUT2D eigenvalue weighted by atomic mass is 79.9. The smallest absolute Gasteiger partial charge is 0.332 e. The van der Waals surface area contributed by atoms with Gasteiger partial charge >= 0.3 is 5.97 Å². The maximum Gasteiger partial charge on any atom is 0.332 e. The van der Waals surface area contributed by atoms with E-state index in [2.05, 4.69) is 34.2 Å². The number of hydrogen-bond donors (Lipinski definition) is 1. The zero-order valence-corrected chi connectivity index (χ0v) is 12.9. The second kappa shape index (κ2) is 9.07. The Kier molecular flexibility index (Phi) is 7.70. The minimum absolute atomic E-state index is 0.0128. The first-order valence-electron chi connectivity index (χ1n) is 6.36. The summed E-state index contributed by atoms with van der Waals surface area (Å²) in [5, 5.41) is 3.34. The van der Waals surface area contributed by atoms with Gasteiger partial charge in [0, 0.05) is 17.1 Å². The fourth-order valence-electron chi connectivity index (χ4n) is 1.64. The van der Waals surface area contributed by atoms with E-state index in [1.54, 1.807) is 6.92 Å². The molecule has 106 valence electrons. The molecular weight excluding hydrogens is 310 g/mol. The molecule has 19 heavy (non-hydrogen) atoms. The summed E-state index contributed by atoms with van der Waals surface area (Å²) in [6.07, 6.45) is 0. The molecule has 1 rings (SSSR count). The Labute approximate surface area is 122 Å². The summed E-state index contributed by atoms with van der Waals surface area (Å²) in [4.78, 5) is 11.0. The highest BCUT2D eigenvalue weighted by molar-refractivity contribution is 9.10. The zero-order chi connectivity index (χ0) is 14.1. The van der Waals surface area contributed by atoms with Crippen molar-refractivity contribution in [2.75, 3.05) is 26.4 Å². The van der Waals surface area contributed by atoms with E-state index in [0.717, 1.165) is 4.47 Å². The quantitative estimate of drug-likeness (QED) is 0.588. The largest absolute Gasteiger partial charge is 0.464 e. The van der Waals surface area contributed by atoms with Crippen LogP contribution in [0.2, 0.25) is 0 Å². The predicted octanol–water partition coefficient (Wildman–Crippen LogP) is 2.68. The van der Waals surface area contributed by atoms with E-state index in [1.807, 2.05) is 18.2 Å². The van der Waals surface area contributed by atoms with Gasteiger partial charge in [-0.25, -0.2) is 4.79 Å². The number of benzene rings is 1. The van der Waals surface area contributed by atoms with E-state index in [9.17, 15) is 4.79 Å². The Hall–Kier alpha value is -0.910. The second-order valence-corrected chi connectivity index (χ2v) is 4.91. The molecule has 0 fully saturated rings. The summed E-state index contributed by atoms with van der Waals surface area (Å²) in [7, 11) is 0. The van der Waals surface area contributed by atoms with Crippen LogP contribution in [0.4, 0.5) is 0 Å². The van der Waals surface area contributed by atoms with Crippen LogP contribution < -0.4 is 5.32 Å². The molecule has 0 aliphatic carbocycles. The third-order valence-corrected chi connectivity index (χ3v) is 3.32. The van der Waals surface area contributed by atoms with Crippen LogP contribution in [-0.2, 0) is 14.3 Å². The topological polar surface area (TPSA) is 47.6 Å². The normalized spacial score (nSPS) is 12.2. The lowest BCUT2D eigenvalue weighted by atomic mass is 10.1. The zero-order valence-electron chi connectivity index (χ0n) is 11.3. The van der Waals surface area contributed by atoms with Crippen molar-refractivity contribution in [3.05, 3.63) is 34.3 Å². The molecule has 0 radical (unpaired) electrons. The van der Waals surface area contributed by atoms with Gasteiger partial charge in [-0.1, -0.05) is 34.1 Å². The van der Waals surface area contributed by atoms with Gasteiger partial charge in [-0.2, -0.15) is 0 Å². The third kappa shape index (κ3) is 6.18. The number of carbonyl (C=O) groups excluding carboxylic acids is 1. The molecule has 0 aliphatic heterocycles. The lowest BCUT2D eigenvalue weighted by molar-refractivity contribution is -0.148. The lowest BCUT2D eigenvalue weighted by Crippen LogP contribution is -2.25. The number of hydrogen-bond acceptors (Lipinski definition) is 4. The van der Waals surface area contributed by atoms with Crippen LogP contribution in [0.3, 0.4) is 0 Å². The van der Waals surface area contributed by atoms with Crippen molar-refractivity contribution < 1.29 is 14.3 Å². The van der Waals surface area contributed by atoms with Crippen LogP contribution in [0.15, 0.2) is 28.7 Å². The summed E-state index contributed by atoms with van der Waals surface area (Å²) in [5.74, 6) is -0.318. The summed E-state index contributed by atoms with van der Waals surface area (Å²) >= 11 is 3.52. The molecule has 0 amide bonds. The van der Waals surface area contributed by atoms with Crippen LogP contribution >= 0.6 is 15.9 Å². The first-order chi connectivity index (χ1) is 9.15. The summed E-state index contributed by atoms with van der Waals surface area (Å²) in [5.41, 5.74) is 1.20. The molecule has 5 heteroatoms. The van der Waals surface area contributed by atoms with E-state index < -0.39 is 0 Å². The Bertz CT molecular complexity index is 398. The fraction of sp³-hybridized carbons (Fsp3) is 0.500. The van der Waals surface area contributed by atoms with Crippen molar-refractivity contribution in [2.24, 2.45) is 0 Å². The van der Waals surface area contributed by atoms with Gasteiger partial charge in [-0.05, 0) is 25.5 Å². The molecule has 4 nitrogen and oxygen atoms in total. The second-order valence-electron chi connectivity index (χ2n) is 4.05. The van der Waals surface area contributed by atoms with E-state index >= 15 is 0 Å². The summed E-state index contributed by atoms with van der Waals surface area (Å²) < 4.78 is 11.1. The van der Waals surface area contributed by atoms with Gasteiger partial charge in [0.25, 0.3) is 0 Å². The molecule has 1 aromatic rings. The summed E-state index contributed by atoms with van der Waals surface area (Å²) in [6.45, 7) is 5.43. The van der Waals surface area contributed by atoms with Crippen molar-refractivity contribution >= 4 is 21.9 Å². The highest BCUT2D eigenvalue weighted by Gasteiger charge is 2.07. The van der Waals surface area contributed by atoms with E-state index in [1.165, 1.54) is 5.56 Å². The molecule has 0 heterocycles. The van der Waals surface area contributed by atoms with Gasteiger partial charge in [-0.3, -0.25) is 0 Å².